The zero-order chi connectivity index (χ0) is 21.9. The van der Waals surface area contributed by atoms with Crippen LogP contribution in [0.3, 0.4) is 0 Å². The minimum absolute atomic E-state index is 0. The lowest BCUT2D eigenvalue weighted by molar-refractivity contribution is -0.139. The van der Waals surface area contributed by atoms with Gasteiger partial charge in [0.25, 0.3) is 0 Å². The fraction of sp³-hybridized carbons (Fsp3) is 0.368. The van der Waals surface area contributed by atoms with Gasteiger partial charge in [-0.3, -0.25) is 4.79 Å². The van der Waals surface area contributed by atoms with Crippen LogP contribution in [0.5, 0.6) is 0 Å². The summed E-state index contributed by atoms with van der Waals surface area (Å²) < 4.78 is 37.4. The van der Waals surface area contributed by atoms with Crippen molar-refractivity contribution >= 4 is 34.4 Å². The Morgan fingerprint density at radius 1 is 1.33 bits per heavy atom. The lowest BCUT2D eigenvalue weighted by Crippen LogP contribution is -2.44. The molecule has 3 aromatic heterocycles. The molecule has 0 spiro atoms. The van der Waals surface area contributed by atoms with Gasteiger partial charge in [-0.2, -0.15) is 13.2 Å². The number of hydrogen-bond donors (Lipinski definition) is 3. The predicted octanol–water partition coefficient (Wildman–Crippen LogP) is 4.92. The summed E-state index contributed by atoms with van der Waals surface area (Å²) in [5, 5.41) is 6.03. The Balaban J connectivity index is 0.00000341. The second-order valence-corrected chi connectivity index (χ2v) is 7.61. The number of aromatic amines is 1. The maximum atomic E-state index is 12.5. The fourth-order valence-electron chi connectivity index (χ4n) is 2.92. The number of amides is 1. The first kappa shape index (κ1) is 21.8. The summed E-state index contributed by atoms with van der Waals surface area (Å²) in [6, 6.07) is 2.40. The standard InChI is InChI=1S/C19H20ClF3N6O.3H2/c1-10(2)5-14(18(30)27-9-19(21,22)23)28-15-3-4-24-17(29-15)13-8-26-16-12(13)6-11(20)7-25-16;;;/h3-4,6-8,10,14H,5,9H2,1-2H3,(H,25,26)(H,27,30)(H,24,28,29);3*1H/t14-;;;/m1.../s1. The Labute approximate surface area is 179 Å². The smallest absolute Gasteiger partial charge is 0.358 e. The number of halogens is 4. The summed E-state index contributed by atoms with van der Waals surface area (Å²) in [4.78, 5) is 28.2. The highest BCUT2D eigenvalue weighted by molar-refractivity contribution is 6.31. The van der Waals surface area contributed by atoms with E-state index in [9.17, 15) is 18.0 Å². The first-order chi connectivity index (χ1) is 14.1. The van der Waals surface area contributed by atoms with E-state index in [0.29, 0.717) is 34.3 Å². The van der Waals surface area contributed by atoms with Crippen LogP contribution >= 0.6 is 11.6 Å². The molecule has 3 aromatic rings. The third-order valence-corrected chi connectivity index (χ3v) is 4.41. The summed E-state index contributed by atoms with van der Waals surface area (Å²) in [6.07, 6.45) is 0.551. The van der Waals surface area contributed by atoms with Crippen LogP contribution in [0.2, 0.25) is 5.02 Å². The highest BCUT2D eigenvalue weighted by Gasteiger charge is 2.30. The third-order valence-electron chi connectivity index (χ3n) is 4.20. The number of carbonyl (C=O) groups excluding carboxylic acids is 1. The highest BCUT2D eigenvalue weighted by Crippen LogP contribution is 2.27. The molecule has 166 valence electrons. The van der Waals surface area contributed by atoms with Crippen LogP contribution < -0.4 is 10.6 Å². The van der Waals surface area contributed by atoms with Crippen molar-refractivity contribution in [1.82, 2.24) is 25.3 Å². The van der Waals surface area contributed by atoms with Gasteiger partial charge in [0.1, 0.15) is 24.1 Å². The molecule has 3 N–H and O–H groups in total. The van der Waals surface area contributed by atoms with Crippen molar-refractivity contribution < 1.29 is 22.2 Å². The van der Waals surface area contributed by atoms with Crippen molar-refractivity contribution in [2.24, 2.45) is 5.92 Å². The zero-order valence-corrected chi connectivity index (χ0v) is 17.0. The summed E-state index contributed by atoms with van der Waals surface area (Å²) >= 11 is 6.03. The molecule has 3 heterocycles. The number of nitrogens with zero attached hydrogens (tertiary/aromatic N) is 3. The van der Waals surface area contributed by atoms with Crippen molar-refractivity contribution in [2.75, 3.05) is 11.9 Å². The van der Waals surface area contributed by atoms with E-state index in [-0.39, 0.29) is 10.2 Å². The van der Waals surface area contributed by atoms with Gasteiger partial charge in [-0.05, 0) is 24.5 Å². The van der Waals surface area contributed by atoms with Crippen molar-refractivity contribution in [2.45, 2.75) is 32.5 Å². The highest BCUT2D eigenvalue weighted by atomic mass is 35.5. The number of nitrogens with one attached hydrogen (secondary N) is 3. The summed E-state index contributed by atoms with van der Waals surface area (Å²) in [7, 11) is 0. The first-order valence-electron chi connectivity index (χ1n) is 9.19. The van der Waals surface area contributed by atoms with E-state index in [1.165, 1.54) is 12.4 Å². The molecule has 1 amide bonds. The summed E-state index contributed by atoms with van der Waals surface area (Å²) in [6.45, 7) is 2.36. The van der Waals surface area contributed by atoms with Gasteiger partial charge in [-0.15, -0.1) is 0 Å². The van der Waals surface area contributed by atoms with E-state index in [4.69, 9.17) is 11.6 Å². The van der Waals surface area contributed by atoms with Crippen LogP contribution in [0.1, 0.15) is 24.5 Å². The topological polar surface area (TPSA) is 95.6 Å². The molecule has 0 saturated heterocycles. The summed E-state index contributed by atoms with van der Waals surface area (Å²) in [5.74, 6) is -0.00185. The Bertz CT molecular complexity index is 1050. The van der Waals surface area contributed by atoms with Gasteiger partial charge in [0.15, 0.2) is 5.82 Å². The van der Waals surface area contributed by atoms with Gasteiger partial charge in [-0.1, -0.05) is 25.4 Å². The van der Waals surface area contributed by atoms with Crippen molar-refractivity contribution in [3.8, 4) is 11.4 Å². The van der Waals surface area contributed by atoms with Gasteiger partial charge in [0.2, 0.25) is 5.91 Å². The Kier molecular flexibility index (Phi) is 6.45. The maximum Gasteiger partial charge on any atom is 0.405 e. The molecular formula is C19H26ClF3N6O. The molecule has 0 bridgehead atoms. The third kappa shape index (κ3) is 5.59. The Morgan fingerprint density at radius 2 is 2.10 bits per heavy atom. The van der Waals surface area contributed by atoms with Crippen LogP contribution in [0.15, 0.2) is 30.7 Å². The van der Waals surface area contributed by atoms with Gasteiger partial charge in [0.05, 0.1) is 5.02 Å². The van der Waals surface area contributed by atoms with E-state index < -0.39 is 24.7 Å². The number of aromatic nitrogens is 4. The lowest BCUT2D eigenvalue weighted by Gasteiger charge is -2.21. The predicted molar refractivity (Wildman–Crippen MR) is 114 cm³/mol. The van der Waals surface area contributed by atoms with Gasteiger partial charge >= 0.3 is 6.18 Å². The number of rotatable bonds is 7. The molecule has 0 aliphatic carbocycles. The Hall–Kier alpha value is -2.88. The molecule has 1 atom stereocenters. The monoisotopic (exact) mass is 446 g/mol. The largest absolute Gasteiger partial charge is 0.405 e. The SMILES string of the molecule is CC(C)C[C@@H](Nc1ccnc(-c2c[nH]c3ncc(Cl)cc23)n1)C(=O)NCC(F)(F)F.[HH].[HH].[HH]. The molecule has 0 unspecified atom stereocenters. The maximum absolute atomic E-state index is 12.5. The zero-order valence-electron chi connectivity index (χ0n) is 16.2. The number of anilines is 1. The number of carbonyl (C=O) groups is 1. The second kappa shape index (κ2) is 8.86. The fourth-order valence-corrected chi connectivity index (χ4v) is 3.08. The molecule has 0 aliphatic rings. The van der Waals surface area contributed by atoms with Gasteiger partial charge in [-0.25, -0.2) is 15.0 Å². The molecule has 30 heavy (non-hydrogen) atoms. The van der Waals surface area contributed by atoms with E-state index in [0.717, 1.165) is 5.39 Å². The van der Waals surface area contributed by atoms with Crippen LogP contribution in [-0.2, 0) is 4.79 Å². The van der Waals surface area contributed by atoms with Crippen LogP contribution in [0, 0.1) is 5.92 Å². The van der Waals surface area contributed by atoms with E-state index >= 15 is 0 Å². The lowest BCUT2D eigenvalue weighted by atomic mass is 10.0. The molecule has 7 nitrogen and oxygen atoms in total. The minimum Gasteiger partial charge on any atom is -0.358 e. The van der Waals surface area contributed by atoms with Crippen molar-refractivity contribution in [3.63, 3.8) is 0 Å². The van der Waals surface area contributed by atoms with Crippen molar-refractivity contribution in [3.05, 3.63) is 35.7 Å². The molecule has 0 aliphatic heterocycles. The summed E-state index contributed by atoms with van der Waals surface area (Å²) in [5.41, 5.74) is 1.27. The van der Waals surface area contributed by atoms with Gasteiger partial charge < -0.3 is 15.6 Å². The Morgan fingerprint density at radius 3 is 2.80 bits per heavy atom. The molecule has 3 rings (SSSR count). The van der Waals surface area contributed by atoms with Crippen molar-refractivity contribution in [1.29, 1.82) is 0 Å². The van der Waals surface area contributed by atoms with Crippen LogP contribution in [0.25, 0.3) is 22.4 Å². The van der Waals surface area contributed by atoms with Gasteiger partial charge in [0, 0.05) is 33.8 Å². The average molecular weight is 447 g/mol. The molecule has 11 heteroatoms. The van der Waals surface area contributed by atoms with E-state index in [2.05, 4.69) is 25.3 Å². The average Bonchev–Trinajstić information content (AvgIpc) is 3.08. The van der Waals surface area contributed by atoms with Crippen LogP contribution in [-0.4, -0.2) is 44.6 Å². The first-order valence-corrected chi connectivity index (χ1v) is 9.57. The molecule has 0 fully saturated rings. The molecule has 0 radical (unpaired) electrons. The normalized spacial score (nSPS) is 12.9. The number of hydrogen-bond acceptors (Lipinski definition) is 5. The molecule has 0 aromatic carbocycles. The van der Waals surface area contributed by atoms with E-state index in [1.54, 1.807) is 18.3 Å². The minimum atomic E-state index is -4.48. The second-order valence-electron chi connectivity index (χ2n) is 7.18. The van der Waals surface area contributed by atoms with Crippen LogP contribution in [0.4, 0.5) is 19.0 Å². The number of H-pyrrole nitrogens is 1. The number of alkyl halides is 3. The molecule has 0 saturated carbocycles. The quantitative estimate of drug-likeness (QED) is 0.479. The molecular weight excluding hydrogens is 421 g/mol. The number of fused-ring (bicyclic) bond motifs is 1. The number of pyridine rings is 1. The van der Waals surface area contributed by atoms with E-state index in [1.807, 2.05) is 19.2 Å².